The molecule has 0 heterocycles. The maximum Gasteiger partial charge on any atom is 0.416 e. The Labute approximate surface area is 141 Å². The smallest absolute Gasteiger partial charge is 0.416 e. The maximum absolute atomic E-state index is 12.6. The number of carbonyl (C=O) groups excluding carboxylic acids is 2. The van der Waals surface area contributed by atoms with E-state index in [1.54, 1.807) is 24.3 Å². The second-order valence-electron chi connectivity index (χ2n) is 4.90. The molecule has 2 rings (SSSR count). The number of para-hydroxylation sites is 2. The van der Waals surface area contributed by atoms with Crippen LogP contribution in [0.15, 0.2) is 48.5 Å². The van der Waals surface area contributed by atoms with E-state index in [0.717, 1.165) is 12.1 Å². The van der Waals surface area contributed by atoms with Crippen LogP contribution >= 0.6 is 0 Å². The van der Waals surface area contributed by atoms with Gasteiger partial charge in [0.1, 0.15) is 5.75 Å². The second-order valence-corrected chi connectivity index (χ2v) is 4.90. The van der Waals surface area contributed by atoms with Crippen LogP contribution in [0.4, 0.5) is 18.9 Å². The summed E-state index contributed by atoms with van der Waals surface area (Å²) in [6.07, 6.45) is -4.57. The minimum atomic E-state index is -4.57. The molecule has 25 heavy (non-hydrogen) atoms. The number of carbonyl (C=O) groups is 2. The number of methoxy groups -OCH3 is 1. The number of esters is 1. The van der Waals surface area contributed by atoms with Crippen LogP contribution in [0.2, 0.25) is 0 Å². The molecule has 1 N–H and O–H groups in total. The van der Waals surface area contributed by atoms with Crippen molar-refractivity contribution in [1.29, 1.82) is 0 Å². The van der Waals surface area contributed by atoms with E-state index in [-0.39, 0.29) is 5.56 Å². The molecular weight excluding hydrogens is 339 g/mol. The van der Waals surface area contributed by atoms with Crippen LogP contribution in [0.3, 0.4) is 0 Å². The first kappa shape index (κ1) is 18.3. The van der Waals surface area contributed by atoms with Crippen LogP contribution in [0, 0.1) is 0 Å². The van der Waals surface area contributed by atoms with Gasteiger partial charge in [0.15, 0.2) is 6.61 Å². The lowest BCUT2D eigenvalue weighted by Crippen LogP contribution is -2.21. The van der Waals surface area contributed by atoms with E-state index in [0.29, 0.717) is 17.5 Å². The van der Waals surface area contributed by atoms with Gasteiger partial charge in [0.2, 0.25) is 0 Å². The fraction of sp³-hybridized carbons (Fsp3) is 0.176. The number of halogens is 3. The van der Waals surface area contributed by atoms with E-state index < -0.39 is 30.2 Å². The number of ether oxygens (including phenoxy) is 2. The third-order valence-electron chi connectivity index (χ3n) is 3.14. The van der Waals surface area contributed by atoms with Gasteiger partial charge in [0, 0.05) is 0 Å². The zero-order chi connectivity index (χ0) is 18.4. The van der Waals surface area contributed by atoms with Gasteiger partial charge in [-0.05, 0) is 30.3 Å². The molecule has 8 heteroatoms. The average Bonchev–Trinajstić information content (AvgIpc) is 2.59. The fourth-order valence-corrected chi connectivity index (χ4v) is 1.97. The lowest BCUT2D eigenvalue weighted by atomic mass is 10.1. The number of anilines is 1. The first-order valence-corrected chi connectivity index (χ1v) is 7.08. The van der Waals surface area contributed by atoms with Gasteiger partial charge < -0.3 is 14.8 Å². The quantitative estimate of drug-likeness (QED) is 0.836. The van der Waals surface area contributed by atoms with Gasteiger partial charge in [0.05, 0.1) is 23.9 Å². The predicted octanol–water partition coefficient (Wildman–Crippen LogP) is 3.51. The van der Waals surface area contributed by atoms with Crippen molar-refractivity contribution in [2.24, 2.45) is 0 Å². The summed E-state index contributed by atoms with van der Waals surface area (Å²) in [7, 11) is 1.43. The van der Waals surface area contributed by atoms with Gasteiger partial charge in [-0.25, -0.2) is 4.79 Å². The number of amides is 1. The Morgan fingerprint density at radius 3 is 2.48 bits per heavy atom. The van der Waals surface area contributed by atoms with E-state index in [4.69, 9.17) is 9.47 Å². The molecule has 1 amide bonds. The highest BCUT2D eigenvalue weighted by molar-refractivity contribution is 5.96. The van der Waals surface area contributed by atoms with Crippen molar-refractivity contribution >= 4 is 17.6 Å². The molecule has 0 aliphatic carbocycles. The lowest BCUT2D eigenvalue weighted by molar-refractivity contribution is -0.137. The number of hydrogen-bond donors (Lipinski definition) is 1. The second kappa shape index (κ2) is 7.69. The Hall–Kier alpha value is -3.03. The van der Waals surface area contributed by atoms with Crippen molar-refractivity contribution in [3.8, 4) is 5.75 Å². The van der Waals surface area contributed by atoms with E-state index in [2.05, 4.69) is 5.32 Å². The van der Waals surface area contributed by atoms with Crippen molar-refractivity contribution in [1.82, 2.24) is 0 Å². The highest BCUT2D eigenvalue weighted by atomic mass is 19.4. The summed E-state index contributed by atoms with van der Waals surface area (Å²) < 4.78 is 47.7. The molecule has 132 valence electrons. The largest absolute Gasteiger partial charge is 0.495 e. The Kier molecular flexibility index (Phi) is 5.63. The summed E-state index contributed by atoms with van der Waals surface area (Å²) in [5, 5.41) is 2.48. The third kappa shape index (κ3) is 4.97. The first-order valence-electron chi connectivity index (χ1n) is 7.08. The molecule has 0 unspecified atom stereocenters. The summed E-state index contributed by atoms with van der Waals surface area (Å²) in [5.41, 5.74) is -0.884. The zero-order valence-electron chi connectivity index (χ0n) is 13.1. The van der Waals surface area contributed by atoms with Gasteiger partial charge in [-0.3, -0.25) is 4.79 Å². The highest BCUT2D eigenvalue weighted by Gasteiger charge is 2.31. The molecule has 0 aliphatic rings. The molecule has 0 fully saturated rings. The van der Waals surface area contributed by atoms with Crippen LogP contribution in [0.1, 0.15) is 15.9 Å². The molecule has 0 saturated carbocycles. The molecule has 2 aromatic rings. The molecular formula is C17H14F3NO4. The van der Waals surface area contributed by atoms with Crippen molar-refractivity contribution in [2.45, 2.75) is 6.18 Å². The summed E-state index contributed by atoms with van der Waals surface area (Å²) in [6.45, 7) is -0.646. The van der Waals surface area contributed by atoms with Crippen molar-refractivity contribution in [3.63, 3.8) is 0 Å². The Morgan fingerprint density at radius 2 is 1.80 bits per heavy atom. The van der Waals surface area contributed by atoms with Gasteiger partial charge in [-0.1, -0.05) is 18.2 Å². The molecule has 0 atom stereocenters. The number of nitrogens with one attached hydrogen (secondary N) is 1. The van der Waals surface area contributed by atoms with E-state index in [1.807, 2.05) is 0 Å². The Balaban J connectivity index is 1.97. The topological polar surface area (TPSA) is 64.6 Å². The fourth-order valence-electron chi connectivity index (χ4n) is 1.97. The summed E-state index contributed by atoms with van der Waals surface area (Å²) in [4.78, 5) is 23.6. The SMILES string of the molecule is COc1ccccc1NC(=O)COC(=O)c1cccc(C(F)(F)F)c1. The van der Waals surface area contributed by atoms with Crippen molar-refractivity contribution in [3.05, 3.63) is 59.7 Å². The molecule has 0 saturated heterocycles. The Bertz CT molecular complexity index is 774. The molecule has 2 aromatic carbocycles. The molecule has 0 aliphatic heterocycles. The zero-order valence-corrected chi connectivity index (χ0v) is 13.1. The monoisotopic (exact) mass is 353 g/mol. The number of hydrogen-bond acceptors (Lipinski definition) is 4. The minimum Gasteiger partial charge on any atom is -0.495 e. The summed E-state index contributed by atoms with van der Waals surface area (Å²) in [5.74, 6) is -1.26. The Morgan fingerprint density at radius 1 is 1.08 bits per heavy atom. The molecule has 0 aromatic heterocycles. The summed E-state index contributed by atoms with van der Waals surface area (Å²) in [6, 6.07) is 10.4. The van der Waals surface area contributed by atoms with Gasteiger partial charge in [-0.15, -0.1) is 0 Å². The predicted molar refractivity (Wildman–Crippen MR) is 83.4 cm³/mol. The normalized spacial score (nSPS) is 10.9. The van der Waals surface area contributed by atoms with Crippen molar-refractivity contribution in [2.75, 3.05) is 19.0 Å². The van der Waals surface area contributed by atoms with Crippen LogP contribution < -0.4 is 10.1 Å². The van der Waals surface area contributed by atoms with Crippen LogP contribution in [-0.2, 0) is 15.7 Å². The van der Waals surface area contributed by atoms with Crippen LogP contribution in [0.25, 0.3) is 0 Å². The van der Waals surface area contributed by atoms with E-state index in [9.17, 15) is 22.8 Å². The molecule has 0 spiro atoms. The van der Waals surface area contributed by atoms with Gasteiger partial charge in [0.25, 0.3) is 5.91 Å². The standard InChI is InChI=1S/C17H14F3NO4/c1-24-14-8-3-2-7-13(14)21-15(22)10-25-16(23)11-5-4-6-12(9-11)17(18,19)20/h2-9H,10H2,1H3,(H,21,22). The number of benzene rings is 2. The van der Waals surface area contributed by atoms with Gasteiger partial charge in [-0.2, -0.15) is 13.2 Å². The third-order valence-corrected chi connectivity index (χ3v) is 3.14. The van der Waals surface area contributed by atoms with Crippen LogP contribution in [0.5, 0.6) is 5.75 Å². The first-order chi connectivity index (χ1) is 11.8. The highest BCUT2D eigenvalue weighted by Crippen LogP contribution is 2.29. The molecule has 0 bridgehead atoms. The minimum absolute atomic E-state index is 0.292. The van der Waals surface area contributed by atoms with E-state index >= 15 is 0 Å². The van der Waals surface area contributed by atoms with Gasteiger partial charge >= 0.3 is 12.1 Å². The van der Waals surface area contributed by atoms with E-state index in [1.165, 1.54) is 13.2 Å². The summed E-state index contributed by atoms with van der Waals surface area (Å²) >= 11 is 0. The lowest BCUT2D eigenvalue weighted by Gasteiger charge is -2.11. The maximum atomic E-state index is 12.6. The molecule has 5 nitrogen and oxygen atoms in total. The van der Waals surface area contributed by atoms with Crippen molar-refractivity contribution < 1.29 is 32.2 Å². The molecule has 0 radical (unpaired) electrons. The number of alkyl halides is 3. The van der Waals surface area contributed by atoms with Crippen LogP contribution in [-0.4, -0.2) is 25.6 Å². The number of rotatable bonds is 5. The average molecular weight is 353 g/mol.